The Morgan fingerprint density at radius 1 is 1.33 bits per heavy atom. The molecule has 0 fully saturated rings. The number of carboxylic acid groups (broad SMARTS) is 1. The molecule has 0 saturated carbocycles. The van der Waals surface area contributed by atoms with Crippen LogP contribution in [0.25, 0.3) is 0 Å². The lowest BCUT2D eigenvalue weighted by Gasteiger charge is -2.17. The first-order valence-electron chi connectivity index (χ1n) is 5.52. The Morgan fingerprint density at radius 3 is 2.44 bits per heavy atom. The van der Waals surface area contributed by atoms with Gasteiger partial charge in [0.25, 0.3) is 0 Å². The van der Waals surface area contributed by atoms with Crippen LogP contribution < -0.4 is 5.32 Å². The SMILES string of the molecule is CC(C)(C)CC(=O)Nc1cccc(F)c1C(=O)O. The van der Waals surface area contributed by atoms with Gasteiger partial charge in [-0.3, -0.25) is 4.79 Å². The van der Waals surface area contributed by atoms with E-state index in [0.29, 0.717) is 0 Å². The van der Waals surface area contributed by atoms with E-state index in [2.05, 4.69) is 5.32 Å². The molecule has 0 heterocycles. The summed E-state index contributed by atoms with van der Waals surface area (Å²) in [7, 11) is 0. The number of benzene rings is 1. The molecule has 0 atom stereocenters. The van der Waals surface area contributed by atoms with Gasteiger partial charge in [0.2, 0.25) is 5.91 Å². The van der Waals surface area contributed by atoms with Crippen LogP contribution >= 0.6 is 0 Å². The number of nitrogens with one attached hydrogen (secondary N) is 1. The van der Waals surface area contributed by atoms with Gasteiger partial charge >= 0.3 is 5.97 Å². The first kappa shape index (κ1) is 14.2. The fraction of sp³-hybridized carbons (Fsp3) is 0.385. The second-order valence-electron chi connectivity index (χ2n) is 5.25. The van der Waals surface area contributed by atoms with E-state index in [1.54, 1.807) is 0 Å². The zero-order valence-corrected chi connectivity index (χ0v) is 10.6. The second kappa shape index (κ2) is 5.16. The van der Waals surface area contributed by atoms with E-state index >= 15 is 0 Å². The maximum absolute atomic E-state index is 13.4. The van der Waals surface area contributed by atoms with Crippen molar-refractivity contribution in [3.05, 3.63) is 29.6 Å². The Bertz CT molecular complexity index is 478. The van der Waals surface area contributed by atoms with E-state index in [1.165, 1.54) is 12.1 Å². The van der Waals surface area contributed by atoms with Crippen molar-refractivity contribution in [2.24, 2.45) is 5.41 Å². The van der Waals surface area contributed by atoms with Gasteiger partial charge in [0.15, 0.2) is 0 Å². The minimum atomic E-state index is -1.40. The summed E-state index contributed by atoms with van der Waals surface area (Å²) in [5, 5.41) is 11.3. The van der Waals surface area contributed by atoms with E-state index in [9.17, 15) is 14.0 Å². The molecule has 0 radical (unpaired) electrons. The molecule has 0 spiro atoms. The molecule has 5 heteroatoms. The molecule has 0 aromatic heterocycles. The van der Waals surface area contributed by atoms with Crippen LogP contribution in [-0.4, -0.2) is 17.0 Å². The lowest BCUT2D eigenvalue weighted by Crippen LogP contribution is -2.21. The molecule has 1 aromatic carbocycles. The van der Waals surface area contributed by atoms with E-state index in [4.69, 9.17) is 5.11 Å². The molecular weight excluding hydrogens is 237 g/mol. The number of anilines is 1. The first-order valence-corrected chi connectivity index (χ1v) is 5.52. The Balaban J connectivity index is 2.95. The van der Waals surface area contributed by atoms with E-state index in [-0.39, 0.29) is 23.4 Å². The van der Waals surface area contributed by atoms with Gasteiger partial charge < -0.3 is 10.4 Å². The number of carboxylic acids is 1. The highest BCUT2D eigenvalue weighted by molar-refractivity contribution is 6.00. The maximum atomic E-state index is 13.4. The predicted octanol–water partition coefficient (Wildman–Crippen LogP) is 2.90. The summed E-state index contributed by atoms with van der Waals surface area (Å²) in [6.07, 6.45) is 0.225. The molecule has 1 rings (SSSR count). The highest BCUT2D eigenvalue weighted by Gasteiger charge is 2.20. The van der Waals surface area contributed by atoms with Gasteiger partial charge in [0.1, 0.15) is 11.4 Å². The number of rotatable bonds is 3. The summed E-state index contributed by atoms with van der Waals surface area (Å²) < 4.78 is 13.4. The van der Waals surface area contributed by atoms with Crippen molar-refractivity contribution in [3.63, 3.8) is 0 Å². The molecule has 1 aromatic rings. The fourth-order valence-electron chi connectivity index (χ4n) is 1.52. The minimum Gasteiger partial charge on any atom is -0.478 e. The van der Waals surface area contributed by atoms with Crippen LogP contribution in [0.1, 0.15) is 37.6 Å². The smallest absolute Gasteiger partial charge is 0.340 e. The number of amides is 1. The third-order valence-corrected chi connectivity index (χ3v) is 2.19. The third-order valence-electron chi connectivity index (χ3n) is 2.19. The topological polar surface area (TPSA) is 66.4 Å². The molecule has 0 aliphatic rings. The zero-order chi connectivity index (χ0) is 13.9. The minimum absolute atomic E-state index is 0.0169. The molecule has 0 saturated heterocycles. The van der Waals surface area contributed by atoms with Crippen LogP contribution in [0.15, 0.2) is 18.2 Å². The van der Waals surface area contributed by atoms with Gasteiger partial charge in [-0.15, -0.1) is 0 Å². The normalized spacial score (nSPS) is 11.1. The van der Waals surface area contributed by atoms with Crippen LogP contribution in [-0.2, 0) is 4.79 Å². The first-order chi connectivity index (χ1) is 8.20. The molecule has 2 N–H and O–H groups in total. The van der Waals surface area contributed by atoms with Crippen molar-refractivity contribution in [2.45, 2.75) is 27.2 Å². The molecule has 18 heavy (non-hydrogen) atoms. The van der Waals surface area contributed by atoms with E-state index in [1.807, 2.05) is 20.8 Å². The van der Waals surface area contributed by atoms with Crippen LogP contribution in [0.3, 0.4) is 0 Å². The maximum Gasteiger partial charge on any atom is 0.340 e. The monoisotopic (exact) mass is 253 g/mol. The van der Waals surface area contributed by atoms with Crippen LogP contribution in [0.4, 0.5) is 10.1 Å². The molecule has 98 valence electrons. The van der Waals surface area contributed by atoms with Crippen LogP contribution in [0.5, 0.6) is 0 Å². The lowest BCUT2D eigenvalue weighted by atomic mass is 9.92. The van der Waals surface area contributed by atoms with Crippen molar-refractivity contribution in [1.82, 2.24) is 0 Å². The summed E-state index contributed by atoms with van der Waals surface area (Å²) in [4.78, 5) is 22.6. The number of hydrogen-bond donors (Lipinski definition) is 2. The molecule has 0 aliphatic carbocycles. The second-order valence-corrected chi connectivity index (χ2v) is 5.25. The van der Waals surface area contributed by atoms with Gasteiger partial charge in [-0.1, -0.05) is 26.8 Å². The Kier molecular flexibility index (Phi) is 4.06. The predicted molar refractivity (Wildman–Crippen MR) is 66.1 cm³/mol. The summed E-state index contributed by atoms with van der Waals surface area (Å²) in [6.45, 7) is 5.66. The lowest BCUT2D eigenvalue weighted by molar-refractivity contribution is -0.117. The summed E-state index contributed by atoms with van der Waals surface area (Å²) >= 11 is 0. The Hall–Kier alpha value is -1.91. The van der Waals surface area contributed by atoms with Gasteiger partial charge in [-0.25, -0.2) is 9.18 Å². The number of carbonyl (C=O) groups excluding carboxylic acids is 1. The van der Waals surface area contributed by atoms with Gasteiger partial charge in [0.05, 0.1) is 5.69 Å². The molecule has 4 nitrogen and oxygen atoms in total. The summed E-state index contributed by atoms with van der Waals surface area (Å²) in [5.74, 6) is -2.61. The standard InChI is InChI=1S/C13H16FNO3/c1-13(2,3)7-10(16)15-9-6-4-5-8(14)11(9)12(17)18/h4-6H,7H2,1-3H3,(H,15,16)(H,17,18). The van der Waals surface area contributed by atoms with Crippen molar-refractivity contribution in [2.75, 3.05) is 5.32 Å². The van der Waals surface area contributed by atoms with Gasteiger partial charge in [0, 0.05) is 6.42 Å². The van der Waals surface area contributed by atoms with E-state index < -0.39 is 17.3 Å². The third kappa shape index (κ3) is 3.84. The van der Waals surface area contributed by atoms with Gasteiger partial charge in [-0.05, 0) is 17.5 Å². The molecular formula is C13H16FNO3. The number of hydrogen-bond acceptors (Lipinski definition) is 2. The van der Waals surface area contributed by atoms with Crippen molar-refractivity contribution in [1.29, 1.82) is 0 Å². The summed E-state index contributed by atoms with van der Waals surface area (Å²) in [5.41, 5.74) is -0.752. The highest BCUT2D eigenvalue weighted by Crippen LogP contribution is 2.22. The highest BCUT2D eigenvalue weighted by atomic mass is 19.1. The van der Waals surface area contributed by atoms with E-state index in [0.717, 1.165) is 6.07 Å². The average molecular weight is 253 g/mol. The molecule has 1 amide bonds. The molecule has 0 unspecified atom stereocenters. The quantitative estimate of drug-likeness (QED) is 0.870. The summed E-state index contributed by atoms with van der Waals surface area (Å²) in [6, 6.07) is 3.77. The number of halogens is 1. The molecule has 0 bridgehead atoms. The Morgan fingerprint density at radius 2 is 1.94 bits per heavy atom. The van der Waals surface area contributed by atoms with Gasteiger partial charge in [-0.2, -0.15) is 0 Å². The van der Waals surface area contributed by atoms with Crippen molar-refractivity contribution in [3.8, 4) is 0 Å². The molecule has 0 aliphatic heterocycles. The Labute approximate surface area is 105 Å². The van der Waals surface area contributed by atoms with Crippen molar-refractivity contribution < 1.29 is 19.1 Å². The van der Waals surface area contributed by atoms with Crippen molar-refractivity contribution >= 4 is 17.6 Å². The van der Waals surface area contributed by atoms with Crippen LogP contribution in [0.2, 0.25) is 0 Å². The fourth-order valence-corrected chi connectivity index (χ4v) is 1.52. The largest absolute Gasteiger partial charge is 0.478 e. The number of aromatic carboxylic acids is 1. The van der Waals surface area contributed by atoms with Crippen LogP contribution in [0, 0.1) is 11.2 Å². The zero-order valence-electron chi connectivity index (χ0n) is 10.6. The number of carbonyl (C=O) groups is 2. The average Bonchev–Trinajstić information content (AvgIpc) is 2.13.